The zero-order valence-electron chi connectivity index (χ0n) is 16.8. The van der Waals surface area contributed by atoms with Crippen LogP contribution in [0.2, 0.25) is 0 Å². The normalized spacial score (nSPS) is 11.7. The first-order valence-electron chi connectivity index (χ1n) is 10.0. The first-order chi connectivity index (χ1) is 14.7. The Morgan fingerprint density at radius 3 is 2.47 bits per heavy atom. The molecule has 0 bridgehead atoms. The Kier molecular flexibility index (Phi) is 3.80. The van der Waals surface area contributed by atoms with Gasteiger partial charge in [0.15, 0.2) is 0 Å². The van der Waals surface area contributed by atoms with Crippen LogP contribution in [0.15, 0.2) is 82.7 Å². The second-order valence-corrected chi connectivity index (χ2v) is 8.73. The van der Waals surface area contributed by atoms with Crippen molar-refractivity contribution in [3.05, 3.63) is 89.4 Å². The van der Waals surface area contributed by atoms with E-state index in [9.17, 15) is 0 Å². The number of hydrogen-bond acceptors (Lipinski definition) is 3. The lowest BCUT2D eigenvalue weighted by Crippen LogP contribution is -1.86. The van der Waals surface area contributed by atoms with Crippen LogP contribution in [0, 0.1) is 13.8 Å². The van der Waals surface area contributed by atoms with Crippen LogP contribution in [0.1, 0.15) is 11.1 Å². The number of aromatic nitrogens is 1. The predicted octanol–water partition coefficient (Wildman–Crippen LogP) is 8.15. The lowest BCUT2D eigenvalue weighted by molar-refractivity contribution is 0.673. The smallest absolute Gasteiger partial charge is 0.144 e. The van der Waals surface area contributed by atoms with Crippen molar-refractivity contribution >= 4 is 43.4 Å². The molecule has 30 heavy (non-hydrogen) atoms. The molecule has 0 amide bonds. The molecule has 0 radical (unpaired) electrons. The molecule has 3 heteroatoms. The highest BCUT2D eigenvalue weighted by Gasteiger charge is 2.20. The van der Waals surface area contributed by atoms with Gasteiger partial charge in [0.25, 0.3) is 0 Å². The van der Waals surface area contributed by atoms with Gasteiger partial charge in [-0.2, -0.15) is 0 Å². The van der Waals surface area contributed by atoms with Crippen molar-refractivity contribution in [2.45, 2.75) is 13.8 Å². The van der Waals surface area contributed by atoms with E-state index < -0.39 is 0 Å². The summed E-state index contributed by atoms with van der Waals surface area (Å²) in [5.41, 5.74) is 8.79. The summed E-state index contributed by atoms with van der Waals surface area (Å²) >= 11 is 1.76. The van der Waals surface area contributed by atoms with Gasteiger partial charge in [-0.3, -0.25) is 4.98 Å². The Balaban J connectivity index is 1.83. The van der Waals surface area contributed by atoms with Gasteiger partial charge >= 0.3 is 0 Å². The van der Waals surface area contributed by atoms with Gasteiger partial charge in [0, 0.05) is 32.6 Å². The number of benzene rings is 3. The summed E-state index contributed by atoms with van der Waals surface area (Å²) in [6.07, 6.45) is 1.84. The second kappa shape index (κ2) is 6.54. The number of pyridine rings is 1. The highest BCUT2D eigenvalue weighted by Crippen LogP contribution is 2.45. The SMILES string of the molecule is Cc1cc(-c2ccccn2)c2oc3c4ccsc4cc(-c4ccccc4C)c3c2c1. The molecule has 0 fully saturated rings. The summed E-state index contributed by atoms with van der Waals surface area (Å²) in [5.74, 6) is 0. The maximum absolute atomic E-state index is 6.63. The summed E-state index contributed by atoms with van der Waals surface area (Å²) < 4.78 is 7.88. The summed E-state index contributed by atoms with van der Waals surface area (Å²) in [7, 11) is 0. The molecule has 3 heterocycles. The highest BCUT2D eigenvalue weighted by molar-refractivity contribution is 7.17. The summed E-state index contributed by atoms with van der Waals surface area (Å²) in [6, 6.07) is 23.5. The van der Waals surface area contributed by atoms with Crippen LogP contribution in [0.3, 0.4) is 0 Å². The van der Waals surface area contributed by atoms with Crippen LogP contribution >= 0.6 is 11.3 Å². The molecule has 0 aliphatic rings. The average molecular weight is 406 g/mol. The van der Waals surface area contributed by atoms with E-state index in [1.165, 1.54) is 37.7 Å². The van der Waals surface area contributed by atoms with E-state index in [1.807, 2.05) is 24.4 Å². The minimum absolute atomic E-state index is 0.905. The molecular weight excluding hydrogens is 386 g/mol. The van der Waals surface area contributed by atoms with Gasteiger partial charge in [0.05, 0.1) is 5.69 Å². The molecule has 0 N–H and O–H groups in total. The van der Waals surface area contributed by atoms with Crippen LogP contribution in [0.5, 0.6) is 0 Å². The van der Waals surface area contributed by atoms with Gasteiger partial charge in [0.1, 0.15) is 11.2 Å². The number of aryl methyl sites for hydroxylation is 2. The lowest BCUT2D eigenvalue weighted by atomic mass is 9.94. The average Bonchev–Trinajstić information content (AvgIpc) is 3.38. The van der Waals surface area contributed by atoms with Gasteiger partial charge in [-0.05, 0) is 77.9 Å². The minimum Gasteiger partial charge on any atom is -0.455 e. The quantitative estimate of drug-likeness (QED) is 0.290. The van der Waals surface area contributed by atoms with Crippen LogP contribution in [0.4, 0.5) is 0 Å². The Hall–Kier alpha value is -3.43. The number of thiophene rings is 1. The van der Waals surface area contributed by atoms with Crippen molar-refractivity contribution < 1.29 is 4.42 Å². The molecule has 0 saturated heterocycles. The number of fused-ring (bicyclic) bond motifs is 5. The standard InChI is InChI=1S/C27H19NOS/c1-16-13-21(23-9-5-6-11-28-23)26-22(14-16)25-20(18-8-4-3-7-17(18)2)15-24-19(10-12-30-24)27(25)29-26/h3-15H,1-2H3. The maximum Gasteiger partial charge on any atom is 0.144 e. The van der Waals surface area contributed by atoms with Gasteiger partial charge < -0.3 is 4.42 Å². The van der Waals surface area contributed by atoms with Gasteiger partial charge in [-0.15, -0.1) is 11.3 Å². The monoisotopic (exact) mass is 405 g/mol. The Morgan fingerprint density at radius 1 is 0.767 bits per heavy atom. The van der Waals surface area contributed by atoms with Crippen molar-refractivity contribution in [2.24, 2.45) is 0 Å². The molecule has 0 saturated carbocycles. The van der Waals surface area contributed by atoms with Crippen LogP contribution in [-0.2, 0) is 0 Å². The van der Waals surface area contributed by atoms with Crippen LogP contribution in [0.25, 0.3) is 54.4 Å². The molecular formula is C27H19NOS. The fourth-order valence-electron chi connectivity index (χ4n) is 4.42. The third kappa shape index (κ3) is 2.52. The molecule has 0 unspecified atom stereocenters. The zero-order chi connectivity index (χ0) is 20.2. The van der Waals surface area contributed by atoms with E-state index in [4.69, 9.17) is 4.42 Å². The molecule has 2 nitrogen and oxygen atoms in total. The van der Waals surface area contributed by atoms with Crippen molar-refractivity contribution in [3.63, 3.8) is 0 Å². The molecule has 0 atom stereocenters. The van der Waals surface area contributed by atoms with Crippen LogP contribution in [-0.4, -0.2) is 4.98 Å². The molecule has 144 valence electrons. The number of hydrogen-bond donors (Lipinski definition) is 0. The van der Waals surface area contributed by atoms with E-state index in [0.29, 0.717) is 0 Å². The number of furan rings is 1. The molecule has 0 spiro atoms. The molecule has 0 aliphatic heterocycles. The van der Waals surface area contributed by atoms with Gasteiger partial charge in [-0.1, -0.05) is 30.3 Å². The zero-order valence-corrected chi connectivity index (χ0v) is 17.6. The van der Waals surface area contributed by atoms with Gasteiger partial charge in [0.2, 0.25) is 0 Å². The van der Waals surface area contributed by atoms with E-state index in [2.05, 4.69) is 72.7 Å². The minimum atomic E-state index is 0.905. The summed E-state index contributed by atoms with van der Waals surface area (Å²) in [5, 5.41) is 5.65. The van der Waals surface area contributed by atoms with E-state index in [1.54, 1.807) is 11.3 Å². The number of nitrogens with zero attached hydrogens (tertiary/aromatic N) is 1. The third-order valence-electron chi connectivity index (χ3n) is 5.79. The third-order valence-corrected chi connectivity index (χ3v) is 6.66. The summed E-state index contributed by atoms with van der Waals surface area (Å²) in [4.78, 5) is 4.60. The van der Waals surface area contributed by atoms with Crippen molar-refractivity contribution in [1.82, 2.24) is 4.98 Å². The molecule has 6 rings (SSSR count). The van der Waals surface area contributed by atoms with Crippen molar-refractivity contribution in [1.29, 1.82) is 0 Å². The first-order valence-corrected chi connectivity index (χ1v) is 10.9. The molecule has 6 aromatic rings. The molecule has 3 aromatic heterocycles. The fourth-order valence-corrected chi connectivity index (χ4v) is 5.25. The number of rotatable bonds is 2. The fraction of sp³-hybridized carbons (Fsp3) is 0.0741. The van der Waals surface area contributed by atoms with E-state index >= 15 is 0 Å². The van der Waals surface area contributed by atoms with Crippen LogP contribution < -0.4 is 0 Å². The second-order valence-electron chi connectivity index (χ2n) is 7.78. The lowest BCUT2D eigenvalue weighted by Gasteiger charge is -2.09. The molecule has 0 aliphatic carbocycles. The Bertz CT molecular complexity index is 1560. The van der Waals surface area contributed by atoms with E-state index in [-0.39, 0.29) is 0 Å². The first kappa shape index (κ1) is 17.4. The van der Waals surface area contributed by atoms with Gasteiger partial charge in [-0.25, -0.2) is 0 Å². The summed E-state index contributed by atoms with van der Waals surface area (Å²) in [6.45, 7) is 4.31. The highest BCUT2D eigenvalue weighted by atomic mass is 32.1. The van der Waals surface area contributed by atoms with Crippen molar-refractivity contribution in [2.75, 3.05) is 0 Å². The largest absolute Gasteiger partial charge is 0.455 e. The van der Waals surface area contributed by atoms with E-state index in [0.717, 1.165) is 27.8 Å². The Labute approximate surface area is 178 Å². The maximum atomic E-state index is 6.63. The predicted molar refractivity (Wildman–Crippen MR) is 127 cm³/mol. The topological polar surface area (TPSA) is 26.0 Å². The molecule has 3 aromatic carbocycles. The Morgan fingerprint density at radius 2 is 1.63 bits per heavy atom. The van der Waals surface area contributed by atoms with Crippen molar-refractivity contribution in [3.8, 4) is 22.4 Å².